The van der Waals surface area contributed by atoms with Gasteiger partial charge in [0.05, 0.1) is 17.2 Å². The number of sulfone groups is 1. The van der Waals surface area contributed by atoms with E-state index in [2.05, 4.69) is 5.16 Å². The van der Waals surface area contributed by atoms with Crippen LogP contribution in [-0.4, -0.2) is 55.6 Å². The Morgan fingerprint density at radius 2 is 1.92 bits per heavy atom. The molecular formula is C17H20N2O4S. The van der Waals surface area contributed by atoms with Gasteiger partial charge in [0, 0.05) is 25.1 Å². The van der Waals surface area contributed by atoms with Crippen molar-refractivity contribution in [3.63, 3.8) is 0 Å². The van der Waals surface area contributed by atoms with Crippen molar-refractivity contribution < 1.29 is 18.0 Å². The van der Waals surface area contributed by atoms with Crippen LogP contribution in [0.4, 0.5) is 0 Å². The highest BCUT2D eigenvalue weighted by atomic mass is 32.2. The fourth-order valence-electron chi connectivity index (χ4n) is 3.64. The molecule has 1 aromatic rings. The van der Waals surface area contributed by atoms with E-state index in [1.807, 2.05) is 31.2 Å². The zero-order valence-electron chi connectivity index (χ0n) is 13.5. The monoisotopic (exact) mass is 348 g/mol. The molecule has 1 aromatic carbocycles. The third-order valence-corrected chi connectivity index (χ3v) is 7.10. The maximum atomic E-state index is 12.5. The summed E-state index contributed by atoms with van der Waals surface area (Å²) in [4.78, 5) is 19.6. The Morgan fingerprint density at radius 3 is 2.58 bits per heavy atom. The first-order valence-corrected chi connectivity index (χ1v) is 10.0. The summed E-state index contributed by atoms with van der Waals surface area (Å²) in [6.45, 7) is 3.29. The van der Waals surface area contributed by atoms with Crippen molar-refractivity contribution >= 4 is 21.5 Å². The minimum absolute atomic E-state index is 0.0410. The average Bonchev–Trinajstić information content (AvgIpc) is 2.93. The summed E-state index contributed by atoms with van der Waals surface area (Å²) in [6.07, 6.45) is -0.0615. The number of likely N-dealkylation sites (tertiary alicyclic amines) is 1. The number of aryl methyl sites for hydroxylation is 1. The molecule has 128 valence electrons. The van der Waals surface area contributed by atoms with E-state index >= 15 is 0 Å². The van der Waals surface area contributed by atoms with Crippen molar-refractivity contribution in [3.05, 3.63) is 35.4 Å². The molecule has 0 N–H and O–H groups in total. The van der Waals surface area contributed by atoms with Gasteiger partial charge in [-0.15, -0.1) is 0 Å². The molecule has 3 aliphatic rings. The number of benzene rings is 1. The lowest BCUT2D eigenvalue weighted by Crippen LogP contribution is -2.59. The van der Waals surface area contributed by atoms with Crippen molar-refractivity contribution in [3.8, 4) is 0 Å². The van der Waals surface area contributed by atoms with Crippen LogP contribution in [0.5, 0.6) is 0 Å². The first-order chi connectivity index (χ1) is 11.4. The maximum absolute atomic E-state index is 12.5. The van der Waals surface area contributed by atoms with Crippen LogP contribution in [0.3, 0.4) is 0 Å². The van der Waals surface area contributed by atoms with Gasteiger partial charge in [0.2, 0.25) is 6.10 Å². The van der Waals surface area contributed by atoms with E-state index in [4.69, 9.17) is 4.84 Å². The summed E-state index contributed by atoms with van der Waals surface area (Å²) >= 11 is 0. The second kappa shape index (κ2) is 5.58. The third-order valence-electron chi connectivity index (χ3n) is 5.22. The van der Waals surface area contributed by atoms with Crippen LogP contribution in [0, 0.1) is 18.8 Å². The second-order valence-corrected chi connectivity index (χ2v) is 9.15. The molecule has 0 saturated carbocycles. The van der Waals surface area contributed by atoms with E-state index in [0.717, 1.165) is 16.8 Å². The lowest BCUT2D eigenvalue weighted by Gasteiger charge is -2.46. The van der Waals surface area contributed by atoms with Crippen LogP contribution in [0.25, 0.3) is 0 Å². The number of carbonyl (C=O) groups is 1. The topological polar surface area (TPSA) is 76.0 Å². The molecule has 0 spiro atoms. The number of carbonyl (C=O) groups excluding carboxylic acids is 1. The van der Waals surface area contributed by atoms with E-state index in [-0.39, 0.29) is 23.3 Å². The number of hydrogen-bond donors (Lipinski definition) is 0. The molecule has 0 aliphatic carbocycles. The molecule has 2 saturated heterocycles. The number of rotatable bonds is 3. The van der Waals surface area contributed by atoms with Crippen LogP contribution >= 0.6 is 0 Å². The minimum atomic E-state index is -2.79. The summed E-state index contributed by atoms with van der Waals surface area (Å²) in [5.74, 6) is 1.05. The molecule has 7 heteroatoms. The van der Waals surface area contributed by atoms with Crippen molar-refractivity contribution in [2.75, 3.05) is 24.6 Å². The lowest BCUT2D eigenvalue weighted by atomic mass is 9.87. The SMILES string of the molecule is Cc1ccccc1C1=NOC(C(=O)N2CC(C3CS(=O)(=O)C3)C2)C1. The predicted molar refractivity (Wildman–Crippen MR) is 89.4 cm³/mol. The Bertz CT molecular complexity index is 800. The maximum Gasteiger partial charge on any atom is 0.266 e. The van der Waals surface area contributed by atoms with Gasteiger partial charge in [-0.25, -0.2) is 8.42 Å². The van der Waals surface area contributed by atoms with Crippen LogP contribution in [-0.2, 0) is 19.5 Å². The summed E-state index contributed by atoms with van der Waals surface area (Å²) in [5, 5.41) is 4.10. The molecule has 0 radical (unpaired) electrons. The Kier molecular flexibility index (Phi) is 3.63. The fourth-order valence-corrected chi connectivity index (χ4v) is 5.39. The zero-order chi connectivity index (χ0) is 16.9. The van der Waals surface area contributed by atoms with Crippen molar-refractivity contribution in [2.45, 2.75) is 19.4 Å². The van der Waals surface area contributed by atoms with Crippen molar-refractivity contribution in [2.24, 2.45) is 17.0 Å². The van der Waals surface area contributed by atoms with Gasteiger partial charge < -0.3 is 9.74 Å². The standard InChI is InChI=1S/C17H20N2O4S/c1-11-4-2-3-5-14(11)15-6-16(23-18-15)17(20)19-7-12(8-19)13-9-24(21,22)10-13/h2-5,12-13,16H,6-10H2,1H3. The van der Waals surface area contributed by atoms with Gasteiger partial charge >= 0.3 is 0 Å². The van der Waals surface area contributed by atoms with E-state index in [1.54, 1.807) is 4.90 Å². The molecule has 0 bridgehead atoms. The number of hydrogen-bond acceptors (Lipinski definition) is 5. The summed E-state index contributed by atoms with van der Waals surface area (Å²) in [7, 11) is -2.79. The zero-order valence-corrected chi connectivity index (χ0v) is 14.3. The van der Waals surface area contributed by atoms with Crippen LogP contribution < -0.4 is 0 Å². The highest BCUT2D eigenvalue weighted by Gasteiger charge is 2.46. The Balaban J connectivity index is 1.31. The number of amides is 1. The Labute approximate surface area is 141 Å². The van der Waals surface area contributed by atoms with E-state index < -0.39 is 15.9 Å². The normalized spacial score (nSPS) is 26.3. The average molecular weight is 348 g/mol. The van der Waals surface area contributed by atoms with Gasteiger partial charge in [-0.05, 0) is 24.3 Å². The number of nitrogens with zero attached hydrogens (tertiary/aromatic N) is 2. The number of oxime groups is 1. The van der Waals surface area contributed by atoms with Gasteiger partial charge in [0.1, 0.15) is 0 Å². The van der Waals surface area contributed by atoms with E-state index in [1.165, 1.54) is 0 Å². The second-order valence-electron chi connectivity index (χ2n) is 6.99. The smallest absolute Gasteiger partial charge is 0.266 e. The third kappa shape index (κ3) is 2.70. The van der Waals surface area contributed by atoms with Crippen molar-refractivity contribution in [1.29, 1.82) is 0 Å². The van der Waals surface area contributed by atoms with Crippen LogP contribution in [0.2, 0.25) is 0 Å². The molecule has 1 atom stereocenters. The van der Waals surface area contributed by atoms with Gasteiger partial charge in [0.25, 0.3) is 5.91 Å². The molecule has 6 nitrogen and oxygen atoms in total. The molecule has 1 unspecified atom stereocenters. The van der Waals surface area contributed by atoms with Gasteiger partial charge in [-0.3, -0.25) is 4.79 Å². The lowest BCUT2D eigenvalue weighted by molar-refractivity contribution is -0.149. The van der Waals surface area contributed by atoms with Crippen LogP contribution in [0.15, 0.2) is 29.4 Å². The van der Waals surface area contributed by atoms with Crippen LogP contribution in [0.1, 0.15) is 17.5 Å². The first kappa shape index (κ1) is 15.6. The summed E-state index contributed by atoms with van der Waals surface area (Å²) in [6, 6.07) is 7.92. The highest BCUT2D eigenvalue weighted by Crippen LogP contribution is 2.33. The van der Waals surface area contributed by atoms with E-state index in [9.17, 15) is 13.2 Å². The fraction of sp³-hybridized carbons (Fsp3) is 0.529. The van der Waals surface area contributed by atoms with E-state index in [0.29, 0.717) is 25.4 Å². The molecule has 24 heavy (non-hydrogen) atoms. The molecule has 3 aliphatic heterocycles. The van der Waals surface area contributed by atoms with Crippen molar-refractivity contribution in [1.82, 2.24) is 4.90 Å². The van der Waals surface area contributed by atoms with Gasteiger partial charge in [-0.2, -0.15) is 0 Å². The molecular weight excluding hydrogens is 328 g/mol. The molecule has 1 amide bonds. The highest BCUT2D eigenvalue weighted by molar-refractivity contribution is 7.92. The van der Waals surface area contributed by atoms with Gasteiger partial charge in [-0.1, -0.05) is 29.4 Å². The quantitative estimate of drug-likeness (QED) is 0.816. The molecule has 2 fully saturated rings. The minimum Gasteiger partial charge on any atom is -0.382 e. The molecule has 0 aromatic heterocycles. The Morgan fingerprint density at radius 1 is 1.21 bits per heavy atom. The summed E-state index contributed by atoms with van der Waals surface area (Å²) < 4.78 is 22.5. The van der Waals surface area contributed by atoms with Gasteiger partial charge in [0.15, 0.2) is 9.84 Å². The predicted octanol–water partition coefficient (Wildman–Crippen LogP) is 0.991. The molecule has 4 rings (SSSR count). The summed E-state index contributed by atoms with van der Waals surface area (Å²) in [5.41, 5.74) is 2.95. The Hall–Kier alpha value is -1.89. The first-order valence-electron chi connectivity index (χ1n) is 8.21. The largest absolute Gasteiger partial charge is 0.382 e. The molecule has 3 heterocycles.